The summed E-state index contributed by atoms with van der Waals surface area (Å²) in [4.78, 5) is 16.2. The molecule has 0 spiro atoms. The van der Waals surface area contributed by atoms with Crippen LogP contribution in [0.4, 0.5) is 0 Å². The third-order valence-corrected chi connectivity index (χ3v) is 6.72. The Labute approximate surface area is 172 Å². The number of H-pyrrole nitrogens is 1. The van der Waals surface area contributed by atoms with Crippen LogP contribution < -0.4 is 15.0 Å². The molecule has 1 unspecified atom stereocenters. The normalized spacial score (nSPS) is 16.5. The zero-order valence-corrected chi connectivity index (χ0v) is 16.6. The van der Waals surface area contributed by atoms with E-state index in [1.54, 1.807) is 30.6 Å². The minimum absolute atomic E-state index is 0.117. The summed E-state index contributed by atoms with van der Waals surface area (Å²) in [5.41, 5.74) is 3.01. The van der Waals surface area contributed by atoms with Gasteiger partial charge >= 0.3 is 0 Å². The quantitative estimate of drug-likeness (QED) is 0.652. The van der Waals surface area contributed by atoms with E-state index >= 15 is 0 Å². The Bertz CT molecular complexity index is 1320. The van der Waals surface area contributed by atoms with Crippen molar-refractivity contribution in [1.82, 2.24) is 19.9 Å². The fraction of sp³-hybridized carbons (Fsp3) is 0.190. The lowest BCUT2D eigenvalue weighted by atomic mass is 9.89. The average Bonchev–Trinajstić information content (AvgIpc) is 2.76. The highest BCUT2D eigenvalue weighted by molar-refractivity contribution is 7.89. The summed E-state index contributed by atoms with van der Waals surface area (Å²) in [6.45, 7) is 0.263. The predicted molar refractivity (Wildman–Crippen MR) is 110 cm³/mol. The smallest absolute Gasteiger partial charge is 0.271 e. The van der Waals surface area contributed by atoms with Gasteiger partial charge < -0.3 is 4.74 Å². The molecule has 152 valence electrons. The van der Waals surface area contributed by atoms with Crippen molar-refractivity contribution in [3.8, 4) is 17.0 Å². The average molecular weight is 422 g/mol. The van der Waals surface area contributed by atoms with Gasteiger partial charge in [-0.1, -0.05) is 12.2 Å². The number of ether oxygens (including phenoxy) is 1. The van der Waals surface area contributed by atoms with Crippen LogP contribution in [0, 0.1) is 0 Å². The monoisotopic (exact) mass is 422 g/mol. The van der Waals surface area contributed by atoms with E-state index in [-0.39, 0.29) is 23.1 Å². The molecule has 30 heavy (non-hydrogen) atoms. The van der Waals surface area contributed by atoms with E-state index < -0.39 is 10.0 Å². The van der Waals surface area contributed by atoms with Crippen molar-refractivity contribution in [2.24, 2.45) is 0 Å². The Morgan fingerprint density at radius 3 is 2.87 bits per heavy atom. The summed E-state index contributed by atoms with van der Waals surface area (Å²) in [5, 5.41) is 6.71. The van der Waals surface area contributed by atoms with Gasteiger partial charge in [-0.15, -0.1) is 0 Å². The zero-order chi connectivity index (χ0) is 20.7. The maximum Gasteiger partial charge on any atom is 0.271 e. The molecule has 1 aliphatic heterocycles. The molecule has 3 heterocycles. The highest BCUT2D eigenvalue weighted by atomic mass is 32.2. The van der Waals surface area contributed by atoms with Crippen molar-refractivity contribution in [2.75, 3.05) is 6.54 Å². The summed E-state index contributed by atoms with van der Waals surface area (Å²) in [6, 6.07) is 8.39. The molecule has 2 aliphatic rings. The molecule has 0 saturated carbocycles. The van der Waals surface area contributed by atoms with Crippen molar-refractivity contribution in [3.05, 3.63) is 75.8 Å². The Kier molecular flexibility index (Phi) is 4.48. The fourth-order valence-corrected chi connectivity index (χ4v) is 4.85. The number of pyridine rings is 1. The van der Waals surface area contributed by atoms with Crippen molar-refractivity contribution < 1.29 is 13.2 Å². The molecule has 0 saturated heterocycles. The van der Waals surface area contributed by atoms with Gasteiger partial charge in [0.2, 0.25) is 10.0 Å². The van der Waals surface area contributed by atoms with E-state index in [0.29, 0.717) is 41.0 Å². The molecule has 0 bridgehead atoms. The molecule has 2 N–H and O–H groups in total. The van der Waals surface area contributed by atoms with Gasteiger partial charge in [0.1, 0.15) is 17.5 Å². The second-order valence-electron chi connectivity index (χ2n) is 7.13. The summed E-state index contributed by atoms with van der Waals surface area (Å²) in [5.74, 6) is 0.545. The predicted octanol–water partition coefficient (Wildman–Crippen LogP) is 2.20. The van der Waals surface area contributed by atoms with Crippen LogP contribution in [0.1, 0.15) is 29.2 Å². The van der Waals surface area contributed by atoms with Gasteiger partial charge in [0.05, 0.1) is 10.5 Å². The highest BCUT2D eigenvalue weighted by Gasteiger charge is 2.32. The highest BCUT2D eigenvalue weighted by Crippen LogP contribution is 2.45. The van der Waals surface area contributed by atoms with E-state index in [1.165, 1.54) is 6.07 Å². The molecule has 3 aromatic rings. The molecule has 8 nitrogen and oxygen atoms in total. The third kappa shape index (κ3) is 3.21. The third-order valence-electron chi connectivity index (χ3n) is 5.26. The van der Waals surface area contributed by atoms with Crippen LogP contribution in [0.3, 0.4) is 0 Å². The van der Waals surface area contributed by atoms with E-state index in [9.17, 15) is 13.2 Å². The molecular weight excluding hydrogens is 404 g/mol. The number of hydrogen-bond donors (Lipinski definition) is 2. The van der Waals surface area contributed by atoms with E-state index in [2.05, 4.69) is 19.9 Å². The minimum Gasteiger partial charge on any atom is -0.485 e. The van der Waals surface area contributed by atoms with Crippen LogP contribution in [-0.2, 0) is 16.4 Å². The first-order chi connectivity index (χ1) is 14.5. The van der Waals surface area contributed by atoms with Crippen molar-refractivity contribution >= 4 is 16.1 Å². The maximum atomic E-state index is 12.8. The van der Waals surface area contributed by atoms with Gasteiger partial charge in [-0.2, -0.15) is 5.10 Å². The van der Waals surface area contributed by atoms with Gasteiger partial charge in [0, 0.05) is 36.5 Å². The molecule has 5 rings (SSSR count). The number of sulfonamides is 1. The van der Waals surface area contributed by atoms with Gasteiger partial charge in [0.25, 0.3) is 5.56 Å². The number of rotatable bonds is 5. The number of fused-ring (bicyclic) bond motifs is 2. The zero-order valence-electron chi connectivity index (χ0n) is 15.8. The van der Waals surface area contributed by atoms with Gasteiger partial charge in [0.15, 0.2) is 0 Å². The molecule has 1 aliphatic carbocycles. The summed E-state index contributed by atoms with van der Waals surface area (Å²) in [6.07, 6.45) is 7.87. The largest absolute Gasteiger partial charge is 0.485 e. The second kappa shape index (κ2) is 7.19. The Hall–Kier alpha value is -3.30. The van der Waals surface area contributed by atoms with Crippen LogP contribution in [0.5, 0.6) is 5.75 Å². The van der Waals surface area contributed by atoms with Gasteiger partial charge in [-0.25, -0.2) is 18.2 Å². The topological polar surface area (TPSA) is 114 Å². The van der Waals surface area contributed by atoms with E-state index in [1.807, 2.05) is 18.2 Å². The first-order valence-electron chi connectivity index (χ1n) is 9.52. The lowest BCUT2D eigenvalue weighted by Crippen LogP contribution is -2.27. The summed E-state index contributed by atoms with van der Waals surface area (Å²) >= 11 is 0. The number of aromatic amines is 1. The van der Waals surface area contributed by atoms with Crippen LogP contribution >= 0.6 is 0 Å². The Morgan fingerprint density at radius 1 is 1.20 bits per heavy atom. The van der Waals surface area contributed by atoms with Crippen LogP contribution in [0.15, 0.2) is 58.5 Å². The van der Waals surface area contributed by atoms with Gasteiger partial charge in [-0.3, -0.25) is 9.78 Å². The van der Waals surface area contributed by atoms with Crippen molar-refractivity contribution in [1.29, 1.82) is 0 Å². The van der Waals surface area contributed by atoms with Crippen LogP contribution in [0.25, 0.3) is 17.3 Å². The van der Waals surface area contributed by atoms with Crippen molar-refractivity contribution in [2.45, 2.75) is 23.8 Å². The Balaban J connectivity index is 1.46. The maximum absolute atomic E-state index is 12.8. The summed E-state index contributed by atoms with van der Waals surface area (Å²) < 4.78 is 34.3. The Morgan fingerprint density at radius 2 is 2.03 bits per heavy atom. The molecule has 0 amide bonds. The summed E-state index contributed by atoms with van der Waals surface area (Å²) in [7, 11) is -3.72. The van der Waals surface area contributed by atoms with E-state index in [0.717, 1.165) is 5.56 Å². The van der Waals surface area contributed by atoms with Crippen molar-refractivity contribution in [3.63, 3.8) is 0 Å². The fourth-order valence-electron chi connectivity index (χ4n) is 3.79. The number of nitrogens with one attached hydrogen (secondary N) is 2. The van der Waals surface area contributed by atoms with Gasteiger partial charge in [-0.05, 0) is 42.3 Å². The SMILES string of the molecule is O=c1[nH]nc2c3c1C=CCC3Oc1ccc(S(=O)(=O)NCCc3ccncc3)cc1-2. The molecule has 1 atom stereocenters. The standard InChI is InChI=1S/C21H18N4O4S/c26-21-15-2-1-3-18-19(15)20(24-25-21)16-12-14(4-5-17(16)29-18)30(27,28)23-11-8-13-6-9-22-10-7-13/h1-2,4-7,9-10,12,18,23H,3,8,11H2,(H,25,26). The number of nitrogens with zero attached hydrogens (tertiary/aromatic N) is 2. The first kappa shape index (κ1) is 18.7. The lowest BCUT2D eigenvalue weighted by Gasteiger charge is -2.30. The number of benzene rings is 1. The minimum atomic E-state index is -3.72. The van der Waals surface area contributed by atoms with E-state index in [4.69, 9.17) is 4.74 Å². The van der Waals surface area contributed by atoms with Crippen LogP contribution in [0.2, 0.25) is 0 Å². The molecule has 0 radical (unpaired) electrons. The number of aromatic nitrogens is 3. The molecule has 1 aromatic carbocycles. The molecule has 0 fully saturated rings. The second-order valence-corrected chi connectivity index (χ2v) is 8.90. The first-order valence-corrected chi connectivity index (χ1v) is 11.0. The number of hydrogen-bond acceptors (Lipinski definition) is 6. The van der Waals surface area contributed by atoms with Crippen LogP contribution in [-0.4, -0.2) is 30.1 Å². The molecule has 9 heteroatoms. The lowest BCUT2D eigenvalue weighted by molar-refractivity contribution is 0.203. The molecular formula is C21H18N4O4S. The molecule has 2 aromatic heterocycles.